The SMILES string of the molecule is COc1ccc(Cl)cc1NC(=O)c1nn(C)c(=O)[nH]1. The summed E-state index contributed by atoms with van der Waals surface area (Å²) in [5, 5.41) is 6.76. The molecule has 8 heteroatoms. The summed E-state index contributed by atoms with van der Waals surface area (Å²) >= 11 is 5.85. The molecule has 1 heterocycles. The summed E-state index contributed by atoms with van der Waals surface area (Å²) in [6, 6.07) is 4.80. The Morgan fingerprint density at radius 3 is 2.84 bits per heavy atom. The zero-order valence-electron chi connectivity index (χ0n) is 10.2. The van der Waals surface area contributed by atoms with E-state index in [9.17, 15) is 9.59 Å². The van der Waals surface area contributed by atoms with E-state index < -0.39 is 11.6 Å². The molecule has 0 fully saturated rings. The normalized spacial score (nSPS) is 10.3. The predicted octanol–water partition coefficient (Wildman–Crippen LogP) is 1.02. The number of carbonyl (C=O) groups is 1. The molecule has 0 unspecified atom stereocenters. The fourth-order valence-corrected chi connectivity index (χ4v) is 1.64. The summed E-state index contributed by atoms with van der Waals surface area (Å²) in [4.78, 5) is 25.4. The molecular formula is C11H11ClN4O3. The van der Waals surface area contributed by atoms with E-state index in [1.807, 2.05) is 0 Å². The third-order valence-corrected chi connectivity index (χ3v) is 2.63. The van der Waals surface area contributed by atoms with Gasteiger partial charge in [-0.2, -0.15) is 0 Å². The lowest BCUT2D eigenvalue weighted by atomic mass is 10.3. The molecule has 1 aromatic carbocycles. The Bertz CT molecular complexity index is 677. The summed E-state index contributed by atoms with van der Waals surface area (Å²) < 4.78 is 6.13. The van der Waals surface area contributed by atoms with Crippen molar-refractivity contribution in [1.29, 1.82) is 0 Å². The second-order valence-corrected chi connectivity index (χ2v) is 4.14. The summed E-state index contributed by atoms with van der Waals surface area (Å²) in [6.45, 7) is 0. The van der Waals surface area contributed by atoms with E-state index in [0.717, 1.165) is 4.68 Å². The van der Waals surface area contributed by atoms with Gasteiger partial charge in [-0.25, -0.2) is 9.48 Å². The van der Waals surface area contributed by atoms with Gasteiger partial charge in [0.05, 0.1) is 12.8 Å². The maximum absolute atomic E-state index is 11.9. The van der Waals surface area contributed by atoms with Gasteiger partial charge in [0.2, 0.25) is 5.82 Å². The van der Waals surface area contributed by atoms with Crippen LogP contribution in [-0.4, -0.2) is 27.8 Å². The monoisotopic (exact) mass is 282 g/mol. The van der Waals surface area contributed by atoms with Crippen LogP contribution in [0.1, 0.15) is 10.6 Å². The minimum Gasteiger partial charge on any atom is -0.495 e. The van der Waals surface area contributed by atoms with Crippen molar-refractivity contribution in [2.45, 2.75) is 0 Å². The molecule has 0 saturated carbocycles. The molecule has 0 atom stereocenters. The number of nitrogens with one attached hydrogen (secondary N) is 2. The Morgan fingerprint density at radius 2 is 2.26 bits per heavy atom. The summed E-state index contributed by atoms with van der Waals surface area (Å²) in [5.74, 6) is -0.191. The van der Waals surface area contributed by atoms with Gasteiger partial charge in [-0.05, 0) is 18.2 Å². The lowest BCUT2D eigenvalue weighted by Crippen LogP contribution is -2.15. The van der Waals surface area contributed by atoms with Gasteiger partial charge in [0, 0.05) is 12.1 Å². The first kappa shape index (κ1) is 13.2. The maximum atomic E-state index is 11.9. The highest BCUT2D eigenvalue weighted by Crippen LogP contribution is 2.27. The van der Waals surface area contributed by atoms with Crippen molar-refractivity contribution in [3.63, 3.8) is 0 Å². The Labute approximate surface area is 113 Å². The molecule has 0 saturated heterocycles. The van der Waals surface area contributed by atoms with E-state index in [0.29, 0.717) is 16.5 Å². The number of anilines is 1. The van der Waals surface area contributed by atoms with E-state index in [4.69, 9.17) is 16.3 Å². The van der Waals surface area contributed by atoms with Gasteiger partial charge in [-0.1, -0.05) is 11.6 Å². The van der Waals surface area contributed by atoms with E-state index in [1.165, 1.54) is 14.2 Å². The van der Waals surface area contributed by atoms with Crippen LogP contribution in [-0.2, 0) is 7.05 Å². The number of rotatable bonds is 3. The average Bonchev–Trinajstić information content (AvgIpc) is 2.70. The Morgan fingerprint density at radius 1 is 1.53 bits per heavy atom. The number of ether oxygens (including phenoxy) is 1. The zero-order chi connectivity index (χ0) is 14.0. The van der Waals surface area contributed by atoms with Gasteiger partial charge >= 0.3 is 5.69 Å². The molecule has 2 rings (SSSR count). The largest absolute Gasteiger partial charge is 0.495 e. The van der Waals surface area contributed by atoms with Crippen molar-refractivity contribution >= 4 is 23.2 Å². The number of H-pyrrole nitrogens is 1. The molecule has 0 aliphatic heterocycles. The first-order valence-electron chi connectivity index (χ1n) is 5.29. The van der Waals surface area contributed by atoms with Gasteiger partial charge in [-0.15, -0.1) is 5.10 Å². The second kappa shape index (κ2) is 5.15. The maximum Gasteiger partial charge on any atom is 0.343 e. The van der Waals surface area contributed by atoms with Crippen LogP contribution in [0.2, 0.25) is 5.02 Å². The van der Waals surface area contributed by atoms with E-state index >= 15 is 0 Å². The van der Waals surface area contributed by atoms with Crippen LogP contribution in [0.15, 0.2) is 23.0 Å². The van der Waals surface area contributed by atoms with Crippen LogP contribution < -0.4 is 15.7 Å². The van der Waals surface area contributed by atoms with Crippen molar-refractivity contribution < 1.29 is 9.53 Å². The van der Waals surface area contributed by atoms with Gasteiger partial charge in [0.25, 0.3) is 5.91 Å². The Balaban J connectivity index is 2.28. The molecule has 1 amide bonds. The molecule has 100 valence electrons. The smallest absolute Gasteiger partial charge is 0.343 e. The Kier molecular flexibility index (Phi) is 3.57. The van der Waals surface area contributed by atoms with Crippen molar-refractivity contribution in [3.05, 3.63) is 39.5 Å². The van der Waals surface area contributed by atoms with Crippen molar-refractivity contribution in [2.75, 3.05) is 12.4 Å². The number of aromatic amines is 1. The summed E-state index contributed by atoms with van der Waals surface area (Å²) in [7, 11) is 2.91. The van der Waals surface area contributed by atoms with Crippen molar-refractivity contribution in [3.8, 4) is 5.75 Å². The number of amides is 1. The molecule has 0 bridgehead atoms. The fourth-order valence-electron chi connectivity index (χ4n) is 1.46. The zero-order valence-corrected chi connectivity index (χ0v) is 11.0. The van der Waals surface area contributed by atoms with Crippen LogP contribution in [0.25, 0.3) is 0 Å². The standard InChI is InChI=1S/C11H11ClN4O3/c1-16-11(18)14-9(15-16)10(17)13-7-5-6(12)3-4-8(7)19-2/h3-5H,1-2H3,(H,13,17)(H,14,15,18). The summed E-state index contributed by atoms with van der Waals surface area (Å²) in [5.41, 5.74) is -0.0743. The van der Waals surface area contributed by atoms with Gasteiger partial charge < -0.3 is 10.1 Å². The molecule has 0 aliphatic carbocycles. The molecule has 0 spiro atoms. The molecule has 0 radical (unpaired) electrons. The van der Waals surface area contributed by atoms with Crippen LogP contribution in [0.3, 0.4) is 0 Å². The highest BCUT2D eigenvalue weighted by atomic mass is 35.5. The van der Waals surface area contributed by atoms with E-state index in [-0.39, 0.29) is 5.82 Å². The van der Waals surface area contributed by atoms with Crippen LogP contribution in [0.4, 0.5) is 5.69 Å². The topological polar surface area (TPSA) is 89.0 Å². The molecular weight excluding hydrogens is 272 g/mol. The molecule has 2 N–H and O–H groups in total. The van der Waals surface area contributed by atoms with Crippen LogP contribution in [0.5, 0.6) is 5.75 Å². The second-order valence-electron chi connectivity index (χ2n) is 3.70. The number of hydrogen-bond acceptors (Lipinski definition) is 4. The average molecular weight is 283 g/mol. The van der Waals surface area contributed by atoms with Crippen LogP contribution >= 0.6 is 11.6 Å². The quantitative estimate of drug-likeness (QED) is 0.880. The first-order valence-corrected chi connectivity index (χ1v) is 5.67. The van der Waals surface area contributed by atoms with Crippen LogP contribution in [0, 0.1) is 0 Å². The molecule has 7 nitrogen and oxygen atoms in total. The number of aryl methyl sites for hydroxylation is 1. The van der Waals surface area contributed by atoms with E-state index in [2.05, 4.69) is 15.4 Å². The van der Waals surface area contributed by atoms with Crippen molar-refractivity contribution in [2.24, 2.45) is 7.05 Å². The number of carbonyl (C=O) groups excluding carboxylic acids is 1. The highest BCUT2D eigenvalue weighted by Gasteiger charge is 2.14. The summed E-state index contributed by atoms with van der Waals surface area (Å²) in [6.07, 6.45) is 0. The third-order valence-electron chi connectivity index (χ3n) is 2.39. The van der Waals surface area contributed by atoms with E-state index in [1.54, 1.807) is 18.2 Å². The molecule has 19 heavy (non-hydrogen) atoms. The number of methoxy groups -OCH3 is 1. The lowest BCUT2D eigenvalue weighted by Gasteiger charge is -2.09. The number of hydrogen-bond donors (Lipinski definition) is 2. The molecule has 0 aliphatic rings. The first-order chi connectivity index (χ1) is 9.01. The fraction of sp³-hybridized carbons (Fsp3) is 0.182. The minimum absolute atomic E-state index is 0.0884. The predicted molar refractivity (Wildman–Crippen MR) is 69.8 cm³/mol. The number of nitrogens with zero attached hydrogens (tertiary/aromatic N) is 2. The number of halogens is 1. The molecule has 1 aromatic heterocycles. The van der Waals surface area contributed by atoms with Gasteiger partial charge in [-0.3, -0.25) is 9.78 Å². The number of benzene rings is 1. The van der Waals surface area contributed by atoms with Gasteiger partial charge in [0.1, 0.15) is 5.75 Å². The van der Waals surface area contributed by atoms with Gasteiger partial charge in [0.15, 0.2) is 0 Å². The number of aromatic nitrogens is 3. The lowest BCUT2D eigenvalue weighted by molar-refractivity contribution is 0.101. The van der Waals surface area contributed by atoms with Crippen molar-refractivity contribution in [1.82, 2.24) is 14.8 Å². The molecule has 2 aromatic rings. The Hall–Kier alpha value is -2.28. The highest BCUT2D eigenvalue weighted by molar-refractivity contribution is 6.31. The third kappa shape index (κ3) is 2.76. The minimum atomic E-state index is -0.557.